The molecule has 0 heterocycles. The molecular weight excluding hydrogens is 260 g/mol. The van der Waals surface area contributed by atoms with Gasteiger partial charge in [0.1, 0.15) is 0 Å². The Morgan fingerprint density at radius 3 is 2.62 bits per heavy atom. The van der Waals surface area contributed by atoms with E-state index in [0.717, 1.165) is 11.1 Å². The van der Waals surface area contributed by atoms with E-state index in [2.05, 4.69) is 11.4 Å². The van der Waals surface area contributed by atoms with Crippen LogP contribution in [0.3, 0.4) is 0 Å². The Morgan fingerprint density at radius 1 is 1.14 bits per heavy atom. The lowest BCUT2D eigenvalue weighted by molar-refractivity contribution is 0.138. The molecule has 0 saturated heterocycles. The Bertz CT molecular complexity index is 648. The first kappa shape index (κ1) is 13.8. The molecule has 3 atom stereocenters. The average Bonchev–Trinajstić information content (AvgIpc) is 2.83. The van der Waals surface area contributed by atoms with E-state index < -0.39 is 6.10 Å². The fraction of sp³-hybridized carbons (Fsp3) is 0.278. The number of rotatable bonds is 4. The molecule has 0 spiro atoms. The zero-order valence-electron chi connectivity index (χ0n) is 11.7. The molecule has 0 fully saturated rings. The number of hydrogen-bond donors (Lipinski definition) is 2. The summed E-state index contributed by atoms with van der Waals surface area (Å²) < 4.78 is 0. The third kappa shape index (κ3) is 2.97. The predicted molar refractivity (Wildman–Crippen MR) is 81.6 cm³/mol. The molecule has 2 N–H and O–H groups in total. The fourth-order valence-electron chi connectivity index (χ4n) is 2.98. The first-order valence-electron chi connectivity index (χ1n) is 7.23. The van der Waals surface area contributed by atoms with Crippen molar-refractivity contribution in [3.05, 3.63) is 71.3 Å². The van der Waals surface area contributed by atoms with Gasteiger partial charge in [0.15, 0.2) is 0 Å². The maximum Gasteiger partial charge on any atom is 0.0999 e. The largest absolute Gasteiger partial charge is 0.391 e. The van der Waals surface area contributed by atoms with Crippen LogP contribution in [-0.2, 0) is 12.8 Å². The van der Waals surface area contributed by atoms with Crippen molar-refractivity contribution in [2.24, 2.45) is 0 Å². The molecule has 0 aromatic heterocycles. The monoisotopic (exact) mass is 278 g/mol. The predicted octanol–water partition coefficient (Wildman–Crippen LogP) is 2.37. The van der Waals surface area contributed by atoms with Crippen molar-refractivity contribution < 1.29 is 5.11 Å². The number of hydrogen-bond acceptors (Lipinski definition) is 3. The Labute approximate surface area is 124 Å². The molecule has 1 aliphatic carbocycles. The molecule has 3 nitrogen and oxygen atoms in total. The number of aliphatic hydroxyl groups is 1. The Balaban J connectivity index is 1.74. The van der Waals surface area contributed by atoms with Crippen LogP contribution in [0.4, 0.5) is 0 Å². The highest BCUT2D eigenvalue weighted by Crippen LogP contribution is 2.31. The van der Waals surface area contributed by atoms with E-state index in [1.54, 1.807) is 0 Å². The second-order valence-corrected chi connectivity index (χ2v) is 5.49. The lowest BCUT2D eigenvalue weighted by Gasteiger charge is -2.21. The second kappa shape index (κ2) is 6.09. The summed E-state index contributed by atoms with van der Waals surface area (Å²) in [6, 6.07) is 19.8. The summed E-state index contributed by atoms with van der Waals surface area (Å²) in [4.78, 5) is 0. The van der Waals surface area contributed by atoms with Crippen LogP contribution in [0.25, 0.3) is 0 Å². The number of nitrogens with zero attached hydrogens (tertiary/aromatic N) is 1. The molecule has 0 amide bonds. The van der Waals surface area contributed by atoms with Crippen molar-refractivity contribution >= 4 is 0 Å². The molecule has 0 aliphatic heterocycles. The molecule has 3 heteroatoms. The average molecular weight is 278 g/mol. The second-order valence-electron chi connectivity index (χ2n) is 5.49. The maximum absolute atomic E-state index is 10.2. The summed E-state index contributed by atoms with van der Waals surface area (Å²) in [5.74, 6) is 0. The SMILES string of the molecule is N#CC(Cc1ccccc1)N[C@H]1c2ccccc2C[C@H]1O. The van der Waals surface area contributed by atoms with E-state index >= 15 is 0 Å². The highest BCUT2D eigenvalue weighted by Gasteiger charge is 2.32. The molecule has 21 heavy (non-hydrogen) atoms. The number of aliphatic hydroxyl groups excluding tert-OH is 1. The zero-order chi connectivity index (χ0) is 14.7. The Hall–Kier alpha value is -2.15. The van der Waals surface area contributed by atoms with Gasteiger partial charge in [0, 0.05) is 12.8 Å². The molecule has 2 aromatic carbocycles. The molecule has 3 rings (SSSR count). The molecular formula is C18H18N2O. The summed E-state index contributed by atoms with van der Waals surface area (Å²) in [5.41, 5.74) is 3.40. The normalized spacial score (nSPS) is 21.5. The highest BCUT2D eigenvalue weighted by molar-refractivity contribution is 5.36. The van der Waals surface area contributed by atoms with E-state index in [9.17, 15) is 10.4 Å². The van der Waals surface area contributed by atoms with Crippen LogP contribution in [0.15, 0.2) is 54.6 Å². The molecule has 1 unspecified atom stereocenters. The zero-order valence-corrected chi connectivity index (χ0v) is 11.7. The van der Waals surface area contributed by atoms with Crippen LogP contribution in [0.2, 0.25) is 0 Å². The van der Waals surface area contributed by atoms with Crippen molar-refractivity contribution in [2.45, 2.75) is 31.0 Å². The van der Waals surface area contributed by atoms with Gasteiger partial charge in [-0.1, -0.05) is 54.6 Å². The molecule has 1 aliphatic rings. The van der Waals surface area contributed by atoms with Gasteiger partial charge in [-0.05, 0) is 16.7 Å². The lowest BCUT2D eigenvalue weighted by atomic mass is 10.0. The van der Waals surface area contributed by atoms with E-state index in [1.807, 2.05) is 54.6 Å². The minimum atomic E-state index is -0.464. The van der Waals surface area contributed by atoms with Crippen molar-refractivity contribution in [2.75, 3.05) is 0 Å². The fourth-order valence-corrected chi connectivity index (χ4v) is 2.98. The van der Waals surface area contributed by atoms with Gasteiger partial charge in [0.05, 0.1) is 24.3 Å². The van der Waals surface area contributed by atoms with E-state index in [4.69, 9.17) is 0 Å². The Kier molecular flexibility index (Phi) is 4.01. The van der Waals surface area contributed by atoms with Crippen LogP contribution in [-0.4, -0.2) is 17.3 Å². The van der Waals surface area contributed by atoms with E-state index in [1.165, 1.54) is 5.56 Å². The standard InChI is InChI=1S/C18H18N2O/c19-12-15(10-13-6-2-1-3-7-13)20-18-16-9-5-4-8-14(16)11-17(18)21/h1-9,15,17-18,20-21H,10-11H2/t15?,17-,18+/m1/s1. The third-order valence-corrected chi connectivity index (χ3v) is 4.02. The minimum Gasteiger partial charge on any atom is -0.391 e. The Morgan fingerprint density at radius 2 is 1.86 bits per heavy atom. The quantitative estimate of drug-likeness (QED) is 0.902. The minimum absolute atomic E-state index is 0.158. The third-order valence-electron chi connectivity index (χ3n) is 4.02. The maximum atomic E-state index is 10.2. The molecule has 0 bridgehead atoms. The molecule has 2 aromatic rings. The van der Waals surface area contributed by atoms with Crippen molar-refractivity contribution in [3.8, 4) is 6.07 Å². The van der Waals surface area contributed by atoms with Crippen LogP contribution < -0.4 is 5.32 Å². The van der Waals surface area contributed by atoms with Crippen molar-refractivity contribution in [1.29, 1.82) is 5.26 Å². The lowest BCUT2D eigenvalue weighted by Crippen LogP contribution is -2.37. The summed E-state index contributed by atoms with van der Waals surface area (Å²) >= 11 is 0. The summed E-state index contributed by atoms with van der Waals surface area (Å²) in [6.45, 7) is 0. The summed E-state index contributed by atoms with van der Waals surface area (Å²) in [5, 5.41) is 22.9. The van der Waals surface area contributed by atoms with Crippen LogP contribution in [0.5, 0.6) is 0 Å². The van der Waals surface area contributed by atoms with Crippen molar-refractivity contribution in [3.63, 3.8) is 0 Å². The molecule has 0 saturated carbocycles. The number of fused-ring (bicyclic) bond motifs is 1. The van der Waals surface area contributed by atoms with Gasteiger partial charge in [-0.3, -0.25) is 5.32 Å². The smallest absolute Gasteiger partial charge is 0.0999 e. The molecule has 106 valence electrons. The first-order chi connectivity index (χ1) is 10.3. The van der Waals surface area contributed by atoms with Gasteiger partial charge in [-0.25, -0.2) is 0 Å². The summed E-state index contributed by atoms with van der Waals surface area (Å²) in [7, 11) is 0. The van der Waals surface area contributed by atoms with Gasteiger partial charge >= 0.3 is 0 Å². The summed E-state index contributed by atoms with van der Waals surface area (Å²) in [6.07, 6.45) is 0.828. The van der Waals surface area contributed by atoms with Gasteiger partial charge in [0.2, 0.25) is 0 Å². The van der Waals surface area contributed by atoms with Crippen LogP contribution in [0, 0.1) is 11.3 Å². The van der Waals surface area contributed by atoms with Crippen LogP contribution >= 0.6 is 0 Å². The van der Waals surface area contributed by atoms with E-state index in [0.29, 0.717) is 12.8 Å². The number of benzene rings is 2. The topological polar surface area (TPSA) is 56.0 Å². The number of nitrogens with one attached hydrogen (secondary N) is 1. The van der Waals surface area contributed by atoms with Gasteiger partial charge in [-0.15, -0.1) is 0 Å². The van der Waals surface area contributed by atoms with Crippen molar-refractivity contribution in [1.82, 2.24) is 5.32 Å². The van der Waals surface area contributed by atoms with Crippen LogP contribution in [0.1, 0.15) is 22.7 Å². The van der Waals surface area contributed by atoms with Gasteiger partial charge in [0.25, 0.3) is 0 Å². The first-order valence-corrected chi connectivity index (χ1v) is 7.23. The molecule has 0 radical (unpaired) electrons. The van der Waals surface area contributed by atoms with Gasteiger partial charge < -0.3 is 5.11 Å². The van der Waals surface area contributed by atoms with E-state index in [-0.39, 0.29) is 12.1 Å². The number of nitriles is 1. The van der Waals surface area contributed by atoms with Gasteiger partial charge in [-0.2, -0.15) is 5.26 Å². The highest BCUT2D eigenvalue weighted by atomic mass is 16.3.